The summed E-state index contributed by atoms with van der Waals surface area (Å²) in [6.07, 6.45) is 7.05. The zero-order valence-corrected chi connectivity index (χ0v) is 12.4. The van der Waals surface area contributed by atoms with E-state index in [2.05, 4.69) is 35.6 Å². The Bertz CT molecular complexity index is 178. The van der Waals surface area contributed by atoms with Crippen molar-refractivity contribution in [3.05, 3.63) is 10.2 Å². The van der Waals surface area contributed by atoms with Crippen molar-refractivity contribution in [1.82, 2.24) is 0 Å². The van der Waals surface area contributed by atoms with Crippen LogP contribution in [0.2, 0.25) is 0 Å². The molecule has 90 valence electrons. The lowest BCUT2D eigenvalue weighted by Crippen LogP contribution is -2.31. The monoisotopic (exact) mass is 326 g/mol. The Morgan fingerprint density at radius 2 is 2.00 bits per heavy atom. The standard InChI is InChI=1S/C12H23IO2/c1-5-6-7-8-11(9-10-13)15-12(2,3)14-4/h9-11H,5-8H2,1-4H3/b10-9-. The predicted octanol–water partition coefficient (Wildman–Crippen LogP) is 4.28. The minimum absolute atomic E-state index is 0.170. The Labute approximate surface area is 108 Å². The lowest BCUT2D eigenvalue weighted by Gasteiger charge is -2.28. The maximum atomic E-state index is 5.86. The van der Waals surface area contributed by atoms with E-state index < -0.39 is 5.79 Å². The predicted molar refractivity (Wildman–Crippen MR) is 73.3 cm³/mol. The van der Waals surface area contributed by atoms with Crippen LogP contribution in [0.25, 0.3) is 0 Å². The molecule has 0 spiro atoms. The van der Waals surface area contributed by atoms with Crippen LogP contribution in [-0.2, 0) is 9.47 Å². The van der Waals surface area contributed by atoms with E-state index in [0.29, 0.717) is 0 Å². The van der Waals surface area contributed by atoms with Gasteiger partial charge in [-0.1, -0.05) is 48.8 Å². The van der Waals surface area contributed by atoms with Gasteiger partial charge < -0.3 is 9.47 Å². The first-order valence-electron chi connectivity index (χ1n) is 5.55. The molecule has 0 rings (SSSR count). The fraction of sp³-hybridized carbons (Fsp3) is 0.833. The molecule has 0 aliphatic heterocycles. The molecule has 0 aromatic heterocycles. The lowest BCUT2D eigenvalue weighted by molar-refractivity contribution is -0.214. The second kappa shape index (κ2) is 8.53. The summed E-state index contributed by atoms with van der Waals surface area (Å²) in [7, 11) is 1.68. The quantitative estimate of drug-likeness (QED) is 0.376. The van der Waals surface area contributed by atoms with Crippen LogP contribution in [0.5, 0.6) is 0 Å². The highest BCUT2D eigenvalue weighted by Crippen LogP contribution is 2.18. The fourth-order valence-electron chi connectivity index (χ4n) is 1.28. The maximum absolute atomic E-state index is 5.86. The molecule has 0 radical (unpaired) electrons. The average Bonchev–Trinajstić information content (AvgIpc) is 2.18. The highest BCUT2D eigenvalue weighted by Gasteiger charge is 2.21. The van der Waals surface area contributed by atoms with Gasteiger partial charge in [0.2, 0.25) is 0 Å². The van der Waals surface area contributed by atoms with Crippen molar-refractivity contribution >= 4 is 22.6 Å². The zero-order chi connectivity index (χ0) is 11.7. The average molecular weight is 326 g/mol. The number of hydrogen-bond acceptors (Lipinski definition) is 2. The molecule has 2 nitrogen and oxygen atoms in total. The summed E-state index contributed by atoms with van der Waals surface area (Å²) in [5.41, 5.74) is 0. The minimum atomic E-state index is -0.493. The lowest BCUT2D eigenvalue weighted by atomic mass is 10.1. The highest BCUT2D eigenvalue weighted by atomic mass is 127. The van der Waals surface area contributed by atoms with E-state index in [9.17, 15) is 0 Å². The largest absolute Gasteiger partial charge is 0.354 e. The summed E-state index contributed by atoms with van der Waals surface area (Å²) in [5, 5.41) is 0. The van der Waals surface area contributed by atoms with Crippen molar-refractivity contribution in [1.29, 1.82) is 0 Å². The number of unbranched alkanes of at least 4 members (excludes halogenated alkanes) is 2. The van der Waals surface area contributed by atoms with Crippen molar-refractivity contribution in [2.24, 2.45) is 0 Å². The highest BCUT2D eigenvalue weighted by molar-refractivity contribution is 14.1. The molecule has 1 atom stereocenters. The third kappa shape index (κ3) is 8.22. The molecular formula is C12H23IO2. The molecule has 0 heterocycles. The summed E-state index contributed by atoms with van der Waals surface area (Å²) in [6, 6.07) is 0. The van der Waals surface area contributed by atoms with Crippen LogP contribution in [0.1, 0.15) is 46.5 Å². The van der Waals surface area contributed by atoms with Gasteiger partial charge in [0, 0.05) is 7.11 Å². The van der Waals surface area contributed by atoms with Gasteiger partial charge in [0.15, 0.2) is 5.79 Å². The zero-order valence-electron chi connectivity index (χ0n) is 10.3. The van der Waals surface area contributed by atoms with E-state index >= 15 is 0 Å². The van der Waals surface area contributed by atoms with Gasteiger partial charge in [-0.3, -0.25) is 0 Å². The third-order valence-corrected chi connectivity index (χ3v) is 2.72. The molecule has 0 N–H and O–H groups in total. The number of halogens is 1. The van der Waals surface area contributed by atoms with Gasteiger partial charge in [-0.15, -0.1) is 0 Å². The Hall–Kier alpha value is 0.390. The number of methoxy groups -OCH3 is 1. The van der Waals surface area contributed by atoms with E-state index in [0.717, 1.165) is 6.42 Å². The van der Waals surface area contributed by atoms with E-state index in [1.807, 2.05) is 17.9 Å². The third-order valence-electron chi connectivity index (χ3n) is 2.31. The molecule has 0 aromatic rings. The van der Waals surface area contributed by atoms with Crippen LogP contribution in [-0.4, -0.2) is 19.0 Å². The van der Waals surface area contributed by atoms with Crippen LogP contribution >= 0.6 is 22.6 Å². The Morgan fingerprint density at radius 1 is 1.33 bits per heavy atom. The van der Waals surface area contributed by atoms with Crippen LogP contribution in [0, 0.1) is 0 Å². The first-order chi connectivity index (χ1) is 7.05. The molecule has 3 heteroatoms. The second-order valence-corrected chi connectivity index (χ2v) is 4.79. The van der Waals surface area contributed by atoms with Gasteiger partial charge in [0.25, 0.3) is 0 Å². The van der Waals surface area contributed by atoms with Gasteiger partial charge in [0.1, 0.15) is 0 Å². The minimum Gasteiger partial charge on any atom is -0.354 e. The summed E-state index contributed by atoms with van der Waals surface area (Å²) >= 11 is 2.23. The van der Waals surface area contributed by atoms with Gasteiger partial charge in [-0.25, -0.2) is 0 Å². The second-order valence-electron chi connectivity index (χ2n) is 4.07. The number of rotatable bonds is 8. The van der Waals surface area contributed by atoms with E-state index in [-0.39, 0.29) is 6.10 Å². The molecule has 0 aromatic carbocycles. The van der Waals surface area contributed by atoms with Gasteiger partial charge in [0.05, 0.1) is 6.10 Å². The van der Waals surface area contributed by atoms with E-state index in [1.54, 1.807) is 7.11 Å². The molecule has 0 amide bonds. The summed E-state index contributed by atoms with van der Waals surface area (Å²) in [5.74, 6) is -0.493. The summed E-state index contributed by atoms with van der Waals surface area (Å²) < 4.78 is 13.1. The summed E-state index contributed by atoms with van der Waals surface area (Å²) in [4.78, 5) is 0. The fourth-order valence-corrected chi connectivity index (χ4v) is 1.75. The van der Waals surface area contributed by atoms with Crippen molar-refractivity contribution < 1.29 is 9.47 Å². The molecule has 0 bridgehead atoms. The van der Waals surface area contributed by atoms with Crippen molar-refractivity contribution in [3.63, 3.8) is 0 Å². The maximum Gasteiger partial charge on any atom is 0.163 e. The number of hydrogen-bond donors (Lipinski definition) is 0. The van der Waals surface area contributed by atoms with E-state index in [1.165, 1.54) is 19.3 Å². The molecule has 0 fully saturated rings. The van der Waals surface area contributed by atoms with Crippen molar-refractivity contribution in [3.8, 4) is 0 Å². The normalized spacial score (nSPS) is 14.7. The van der Waals surface area contributed by atoms with E-state index in [4.69, 9.17) is 9.47 Å². The molecule has 0 saturated carbocycles. The van der Waals surface area contributed by atoms with Gasteiger partial charge in [-0.2, -0.15) is 0 Å². The van der Waals surface area contributed by atoms with Crippen LogP contribution in [0.3, 0.4) is 0 Å². The first-order valence-corrected chi connectivity index (χ1v) is 6.80. The Kier molecular flexibility index (Phi) is 8.75. The van der Waals surface area contributed by atoms with Crippen molar-refractivity contribution in [2.45, 2.75) is 58.3 Å². The molecule has 1 unspecified atom stereocenters. The molecule has 0 saturated heterocycles. The summed E-state index contributed by atoms with van der Waals surface area (Å²) in [6.45, 7) is 6.10. The molecule has 0 aliphatic carbocycles. The first kappa shape index (κ1) is 15.4. The molecular weight excluding hydrogens is 303 g/mol. The van der Waals surface area contributed by atoms with Gasteiger partial charge >= 0.3 is 0 Å². The SMILES string of the molecule is CCCCCC(/C=C\I)OC(C)(C)OC. The Balaban J connectivity index is 4.03. The smallest absolute Gasteiger partial charge is 0.163 e. The molecule has 0 aliphatic rings. The van der Waals surface area contributed by atoms with Crippen LogP contribution < -0.4 is 0 Å². The molecule has 15 heavy (non-hydrogen) atoms. The van der Waals surface area contributed by atoms with Gasteiger partial charge in [-0.05, 0) is 30.4 Å². The van der Waals surface area contributed by atoms with Crippen LogP contribution in [0.4, 0.5) is 0 Å². The number of ether oxygens (including phenoxy) is 2. The topological polar surface area (TPSA) is 18.5 Å². The van der Waals surface area contributed by atoms with Crippen LogP contribution in [0.15, 0.2) is 10.2 Å². The Morgan fingerprint density at radius 3 is 2.47 bits per heavy atom. The van der Waals surface area contributed by atoms with Crippen molar-refractivity contribution in [2.75, 3.05) is 7.11 Å².